The van der Waals surface area contributed by atoms with Crippen LogP contribution in [0.2, 0.25) is 0 Å². The molecule has 0 saturated carbocycles. The van der Waals surface area contributed by atoms with E-state index in [4.69, 9.17) is 10.00 Å². The number of hydrogen-bond donors (Lipinski definition) is 0. The van der Waals surface area contributed by atoms with Crippen LogP contribution in [0.5, 0.6) is 0 Å². The Balaban J connectivity index is 3.20. The van der Waals surface area contributed by atoms with E-state index in [0.29, 0.717) is 37.6 Å². The highest BCUT2D eigenvalue weighted by atomic mass is 16.6. The molecule has 110 valence electrons. The fraction of sp³-hybridized carbons (Fsp3) is 0.667. The van der Waals surface area contributed by atoms with Crippen LogP contribution in [0.15, 0.2) is 0 Å². The topological polar surface area (TPSA) is 97.2 Å². The molecule has 0 bridgehead atoms. The molecule has 8 heteroatoms. The van der Waals surface area contributed by atoms with Crippen LogP contribution in [0.1, 0.15) is 19.0 Å². The summed E-state index contributed by atoms with van der Waals surface area (Å²) in [5.74, 6) is 0.430. The van der Waals surface area contributed by atoms with Gasteiger partial charge in [-0.25, -0.2) is 4.68 Å². The monoisotopic (exact) mass is 281 g/mol. The highest BCUT2D eigenvalue weighted by molar-refractivity contribution is 5.61. The van der Waals surface area contributed by atoms with Crippen LogP contribution < -0.4 is 4.90 Å². The Morgan fingerprint density at radius 3 is 2.75 bits per heavy atom. The summed E-state index contributed by atoms with van der Waals surface area (Å²) in [6.45, 7) is 3.13. The van der Waals surface area contributed by atoms with Crippen molar-refractivity contribution in [2.75, 3.05) is 31.7 Å². The number of aryl methyl sites for hydroxylation is 2. The van der Waals surface area contributed by atoms with Gasteiger partial charge in [-0.1, -0.05) is 6.92 Å². The number of hydrogen-bond acceptors (Lipinski definition) is 6. The standard InChI is InChI=1S/C12H19N5O3/c1-4-10-11(17(18)19)12(15(2)14-10)16(7-5-6-13)8-9-20-3/h4-5,7-9H2,1-3H3. The van der Waals surface area contributed by atoms with Gasteiger partial charge in [0.1, 0.15) is 5.69 Å². The third-order valence-electron chi connectivity index (χ3n) is 2.94. The van der Waals surface area contributed by atoms with Crippen LogP contribution in [0.25, 0.3) is 0 Å². The van der Waals surface area contributed by atoms with Gasteiger partial charge in [0.2, 0.25) is 5.82 Å². The molecule has 0 saturated heterocycles. The van der Waals surface area contributed by atoms with E-state index < -0.39 is 4.92 Å². The Bertz CT molecular complexity index is 506. The molecular weight excluding hydrogens is 262 g/mol. The average molecular weight is 281 g/mol. The van der Waals surface area contributed by atoms with Gasteiger partial charge in [-0.15, -0.1) is 0 Å². The number of methoxy groups -OCH3 is 1. The van der Waals surface area contributed by atoms with Crippen molar-refractivity contribution in [3.63, 3.8) is 0 Å². The molecule has 20 heavy (non-hydrogen) atoms. The zero-order valence-electron chi connectivity index (χ0n) is 12.0. The number of nitro groups is 1. The molecule has 1 aromatic rings. The fourth-order valence-corrected chi connectivity index (χ4v) is 2.05. The number of nitrogens with zero attached hydrogens (tertiary/aromatic N) is 5. The third kappa shape index (κ3) is 3.45. The lowest BCUT2D eigenvalue weighted by molar-refractivity contribution is -0.384. The summed E-state index contributed by atoms with van der Waals surface area (Å²) in [5, 5.41) is 24.2. The van der Waals surface area contributed by atoms with E-state index in [9.17, 15) is 10.1 Å². The average Bonchev–Trinajstić information content (AvgIpc) is 2.76. The van der Waals surface area contributed by atoms with Gasteiger partial charge < -0.3 is 9.64 Å². The molecule has 0 aliphatic rings. The predicted octanol–water partition coefficient (Wildman–Crippen LogP) is 1.26. The largest absolute Gasteiger partial charge is 0.383 e. The van der Waals surface area contributed by atoms with E-state index in [1.54, 1.807) is 19.1 Å². The lowest BCUT2D eigenvalue weighted by Gasteiger charge is -2.22. The lowest BCUT2D eigenvalue weighted by Crippen LogP contribution is -2.30. The Morgan fingerprint density at radius 1 is 1.55 bits per heavy atom. The quantitative estimate of drug-likeness (QED) is 0.525. The van der Waals surface area contributed by atoms with Crippen molar-refractivity contribution in [1.82, 2.24) is 9.78 Å². The van der Waals surface area contributed by atoms with Crippen LogP contribution in [0.3, 0.4) is 0 Å². The van der Waals surface area contributed by atoms with Gasteiger partial charge >= 0.3 is 5.69 Å². The minimum absolute atomic E-state index is 0.0176. The number of anilines is 1. The summed E-state index contributed by atoms with van der Waals surface area (Å²) in [6, 6.07) is 2.05. The van der Waals surface area contributed by atoms with Gasteiger partial charge in [0.05, 0.1) is 24.0 Å². The number of aromatic nitrogens is 2. The fourth-order valence-electron chi connectivity index (χ4n) is 2.05. The molecule has 0 N–H and O–H groups in total. The van der Waals surface area contributed by atoms with E-state index in [1.165, 1.54) is 4.68 Å². The molecule has 1 aromatic heterocycles. The van der Waals surface area contributed by atoms with Crippen molar-refractivity contribution in [2.24, 2.45) is 7.05 Å². The molecule has 0 aliphatic carbocycles. The lowest BCUT2D eigenvalue weighted by atomic mass is 10.2. The molecule has 1 rings (SSSR count). The molecule has 0 aliphatic heterocycles. The molecule has 0 amide bonds. The summed E-state index contributed by atoms with van der Waals surface area (Å²) in [6.07, 6.45) is 0.772. The van der Waals surface area contributed by atoms with Crippen LogP contribution in [0, 0.1) is 21.4 Å². The molecule has 0 spiro atoms. The second-order valence-electron chi connectivity index (χ2n) is 4.24. The molecule has 8 nitrogen and oxygen atoms in total. The minimum atomic E-state index is -0.409. The van der Waals surface area contributed by atoms with Gasteiger partial charge in [0, 0.05) is 27.2 Å². The maximum atomic E-state index is 11.3. The SMILES string of the molecule is CCc1nn(C)c(N(CCC#N)CCOC)c1[N+](=O)[O-]. The molecule has 0 radical (unpaired) electrons. The zero-order chi connectivity index (χ0) is 15.1. The Labute approximate surface area is 117 Å². The first kappa shape index (κ1) is 15.9. The number of nitriles is 1. The van der Waals surface area contributed by atoms with Crippen LogP contribution in [-0.4, -0.2) is 41.5 Å². The van der Waals surface area contributed by atoms with Crippen molar-refractivity contribution in [1.29, 1.82) is 5.26 Å². The Kier molecular flexibility index (Phi) is 5.93. The molecule has 0 fully saturated rings. The van der Waals surface area contributed by atoms with Crippen LogP contribution in [0.4, 0.5) is 11.5 Å². The van der Waals surface area contributed by atoms with Crippen molar-refractivity contribution in [3.8, 4) is 6.07 Å². The number of ether oxygens (including phenoxy) is 1. The summed E-state index contributed by atoms with van der Waals surface area (Å²) in [4.78, 5) is 12.7. The predicted molar refractivity (Wildman–Crippen MR) is 73.6 cm³/mol. The van der Waals surface area contributed by atoms with Gasteiger partial charge in [-0.05, 0) is 6.42 Å². The Hall–Kier alpha value is -2.14. The molecule has 1 heterocycles. The molecule has 0 atom stereocenters. The van der Waals surface area contributed by atoms with Crippen LogP contribution in [-0.2, 0) is 18.2 Å². The third-order valence-corrected chi connectivity index (χ3v) is 2.94. The molecule has 0 aromatic carbocycles. The second kappa shape index (κ2) is 7.45. The van der Waals surface area contributed by atoms with Crippen LogP contribution >= 0.6 is 0 Å². The van der Waals surface area contributed by atoms with E-state index >= 15 is 0 Å². The van der Waals surface area contributed by atoms with Gasteiger partial charge in [0.25, 0.3) is 0 Å². The summed E-state index contributed by atoms with van der Waals surface area (Å²) < 4.78 is 6.53. The maximum Gasteiger partial charge on any atom is 0.334 e. The van der Waals surface area contributed by atoms with E-state index in [1.807, 2.05) is 6.92 Å². The van der Waals surface area contributed by atoms with Crippen molar-refractivity contribution < 1.29 is 9.66 Å². The number of rotatable bonds is 8. The highest BCUT2D eigenvalue weighted by Gasteiger charge is 2.29. The minimum Gasteiger partial charge on any atom is -0.383 e. The van der Waals surface area contributed by atoms with Gasteiger partial charge in [-0.2, -0.15) is 10.4 Å². The first-order valence-electron chi connectivity index (χ1n) is 6.37. The first-order valence-corrected chi connectivity index (χ1v) is 6.37. The zero-order valence-corrected chi connectivity index (χ0v) is 12.0. The second-order valence-corrected chi connectivity index (χ2v) is 4.24. The molecular formula is C12H19N5O3. The van der Waals surface area contributed by atoms with Crippen molar-refractivity contribution >= 4 is 11.5 Å². The van der Waals surface area contributed by atoms with E-state index in [0.717, 1.165) is 0 Å². The summed E-state index contributed by atoms with van der Waals surface area (Å²) in [7, 11) is 3.24. The summed E-state index contributed by atoms with van der Waals surface area (Å²) in [5.41, 5.74) is 0.468. The van der Waals surface area contributed by atoms with Gasteiger partial charge in [-0.3, -0.25) is 10.1 Å². The molecule has 0 unspecified atom stereocenters. The van der Waals surface area contributed by atoms with Gasteiger partial charge in [0.15, 0.2) is 0 Å². The van der Waals surface area contributed by atoms with Crippen molar-refractivity contribution in [3.05, 3.63) is 15.8 Å². The maximum absolute atomic E-state index is 11.3. The van der Waals surface area contributed by atoms with E-state index in [-0.39, 0.29) is 12.1 Å². The normalized spacial score (nSPS) is 10.3. The highest BCUT2D eigenvalue weighted by Crippen LogP contribution is 2.31. The first-order chi connectivity index (χ1) is 9.56. The van der Waals surface area contributed by atoms with E-state index in [2.05, 4.69) is 11.2 Å². The smallest absolute Gasteiger partial charge is 0.334 e. The van der Waals surface area contributed by atoms with Crippen molar-refractivity contribution in [2.45, 2.75) is 19.8 Å². The Morgan fingerprint density at radius 2 is 2.25 bits per heavy atom. The summed E-state index contributed by atoms with van der Waals surface area (Å²) >= 11 is 0.